The lowest BCUT2D eigenvalue weighted by Gasteiger charge is -2.16. The van der Waals surface area contributed by atoms with Gasteiger partial charge in [-0.05, 0) is 43.7 Å². The smallest absolute Gasteiger partial charge is 0.197 e. The van der Waals surface area contributed by atoms with Crippen LogP contribution in [-0.2, 0) is 16.3 Å². The Morgan fingerprint density at radius 1 is 1.12 bits per heavy atom. The molecule has 0 aliphatic heterocycles. The standard InChI is InChI=1S/C23H21ClFN3O3S/c1-13(2)32(29,30)22-10-9-18(25)20(27-22)12-19(26)15-5-3-4-6-16(15)23-17-8-7-14(24)11-21(17)31-28-23/h3-11,13,19H,12,26H2,1-2H3/t19-/m0/s1. The van der Waals surface area contributed by atoms with Gasteiger partial charge < -0.3 is 10.3 Å². The first-order chi connectivity index (χ1) is 15.2. The summed E-state index contributed by atoms with van der Waals surface area (Å²) in [5.74, 6) is -0.609. The van der Waals surface area contributed by atoms with Crippen molar-refractivity contribution in [3.05, 3.63) is 76.7 Å². The Morgan fingerprint density at radius 2 is 1.88 bits per heavy atom. The average Bonchev–Trinajstić information content (AvgIpc) is 3.17. The van der Waals surface area contributed by atoms with Crippen LogP contribution in [0.15, 0.2) is 64.1 Å². The zero-order valence-electron chi connectivity index (χ0n) is 17.4. The summed E-state index contributed by atoms with van der Waals surface area (Å²) in [7, 11) is -3.64. The van der Waals surface area contributed by atoms with Crippen molar-refractivity contribution in [2.45, 2.75) is 36.6 Å². The third-order valence-corrected chi connectivity index (χ3v) is 7.55. The van der Waals surface area contributed by atoms with E-state index >= 15 is 0 Å². The molecule has 166 valence electrons. The van der Waals surface area contributed by atoms with Crippen LogP contribution in [0.3, 0.4) is 0 Å². The Labute approximate surface area is 190 Å². The van der Waals surface area contributed by atoms with Gasteiger partial charge in [0.2, 0.25) is 0 Å². The van der Waals surface area contributed by atoms with E-state index in [0.29, 0.717) is 21.9 Å². The summed E-state index contributed by atoms with van der Waals surface area (Å²) in [4.78, 5) is 4.09. The Kier molecular flexibility index (Phi) is 6.03. The van der Waals surface area contributed by atoms with E-state index < -0.39 is 26.9 Å². The molecule has 2 aromatic heterocycles. The number of fused-ring (bicyclic) bond motifs is 1. The SMILES string of the molecule is CC(C)S(=O)(=O)c1ccc(F)c(C[C@H](N)c2ccccc2-c2noc3cc(Cl)ccc23)n1. The van der Waals surface area contributed by atoms with Gasteiger partial charge in [-0.25, -0.2) is 17.8 Å². The van der Waals surface area contributed by atoms with E-state index in [1.165, 1.54) is 6.07 Å². The van der Waals surface area contributed by atoms with Crippen LogP contribution in [0.2, 0.25) is 5.02 Å². The normalized spacial score (nSPS) is 13.1. The van der Waals surface area contributed by atoms with Crippen LogP contribution in [0.25, 0.3) is 22.2 Å². The Bertz CT molecular complexity index is 1400. The van der Waals surface area contributed by atoms with Gasteiger partial charge in [-0.2, -0.15) is 0 Å². The molecule has 0 bridgehead atoms. The highest BCUT2D eigenvalue weighted by Gasteiger charge is 2.24. The molecule has 0 unspecified atom stereocenters. The lowest BCUT2D eigenvalue weighted by molar-refractivity contribution is 0.459. The molecule has 0 aliphatic rings. The van der Waals surface area contributed by atoms with E-state index in [2.05, 4.69) is 10.1 Å². The fourth-order valence-electron chi connectivity index (χ4n) is 3.47. The highest BCUT2D eigenvalue weighted by atomic mass is 35.5. The molecule has 2 N–H and O–H groups in total. The van der Waals surface area contributed by atoms with Crippen molar-refractivity contribution < 1.29 is 17.3 Å². The summed E-state index contributed by atoms with van der Waals surface area (Å²) in [6.45, 7) is 3.11. The number of aromatic nitrogens is 2. The molecule has 0 fully saturated rings. The third-order valence-electron chi connectivity index (χ3n) is 5.27. The van der Waals surface area contributed by atoms with Crippen molar-refractivity contribution in [2.24, 2.45) is 5.73 Å². The summed E-state index contributed by atoms with van der Waals surface area (Å²) < 4.78 is 44.8. The van der Waals surface area contributed by atoms with Crippen LogP contribution >= 0.6 is 11.6 Å². The van der Waals surface area contributed by atoms with Crippen LogP contribution in [0, 0.1) is 5.82 Å². The van der Waals surface area contributed by atoms with Crippen molar-refractivity contribution >= 4 is 32.4 Å². The number of pyridine rings is 1. The predicted octanol–water partition coefficient (Wildman–Crippen LogP) is 5.11. The summed E-state index contributed by atoms with van der Waals surface area (Å²) in [5, 5.41) is 4.65. The van der Waals surface area contributed by atoms with Crippen molar-refractivity contribution in [3.63, 3.8) is 0 Å². The second-order valence-electron chi connectivity index (χ2n) is 7.74. The van der Waals surface area contributed by atoms with E-state index in [4.69, 9.17) is 21.9 Å². The molecule has 0 saturated heterocycles. The number of hydrogen-bond acceptors (Lipinski definition) is 6. The number of sulfone groups is 1. The Hall–Kier alpha value is -2.81. The van der Waals surface area contributed by atoms with E-state index in [0.717, 1.165) is 17.0 Å². The van der Waals surface area contributed by atoms with Crippen LogP contribution in [0.4, 0.5) is 4.39 Å². The van der Waals surface area contributed by atoms with Crippen molar-refractivity contribution in [3.8, 4) is 11.3 Å². The van der Waals surface area contributed by atoms with E-state index in [-0.39, 0.29) is 17.1 Å². The van der Waals surface area contributed by atoms with Gasteiger partial charge in [-0.3, -0.25) is 0 Å². The topological polar surface area (TPSA) is 99.1 Å². The van der Waals surface area contributed by atoms with Gasteiger partial charge in [0.1, 0.15) is 11.5 Å². The molecule has 0 saturated carbocycles. The quantitative estimate of drug-likeness (QED) is 0.418. The van der Waals surface area contributed by atoms with Crippen LogP contribution in [-0.4, -0.2) is 23.8 Å². The first kappa shape index (κ1) is 22.4. The zero-order chi connectivity index (χ0) is 23.0. The molecule has 32 heavy (non-hydrogen) atoms. The maximum absolute atomic E-state index is 14.5. The number of nitrogens with zero attached hydrogens (tertiary/aromatic N) is 2. The number of benzene rings is 2. The van der Waals surface area contributed by atoms with E-state index in [9.17, 15) is 12.8 Å². The van der Waals surface area contributed by atoms with Gasteiger partial charge >= 0.3 is 0 Å². The minimum atomic E-state index is -3.64. The van der Waals surface area contributed by atoms with Gasteiger partial charge in [-0.15, -0.1) is 0 Å². The second-order valence-corrected chi connectivity index (χ2v) is 10.6. The zero-order valence-corrected chi connectivity index (χ0v) is 19.0. The highest BCUT2D eigenvalue weighted by Crippen LogP contribution is 2.34. The summed E-state index contributed by atoms with van der Waals surface area (Å²) >= 11 is 6.03. The number of halogens is 2. The minimum Gasteiger partial charge on any atom is -0.356 e. The van der Waals surface area contributed by atoms with Gasteiger partial charge in [0.15, 0.2) is 20.4 Å². The molecule has 0 amide bonds. The van der Waals surface area contributed by atoms with E-state index in [1.807, 2.05) is 30.3 Å². The predicted molar refractivity (Wildman–Crippen MR) is 122 cm³/mol. The second kappa shape index (κ2) is 8.61. The lowest BCUT2D eigenvalue weighted by Crippen LogP contribution is -2.19. The van der Waals surface area contributed by atoms with E-state index in [1.54, 1.807) is 26.0 Å². The molecule has 2 aromatic carbocycles. The molecule has 9 heteroatoms. The molecular formula is C23H21ClFN3O3S. The third kappa shape index (κ3) is 4.13. The largest absolute Gasteiger partial charge is 0.356 e. The summed E-state index contributed by atoms with van der Waals surface area (Å²) in [5.41, 5.74) is 9.01. The monoisotopic (exact) mass is 473 g/mol. The molecule has 0 radical (unpaired) electrons. The van der Waals surface area contributed by atoms with Crippen LogP contribution < -0.4 is 5.73 Å². The Balaban J connectivity index is 1.72. The molecule has 0 spiro atoms. The van der Waals surface area contributed by atoms with Crippen molar-refractivity contribution in [1.29, 1.82) is 0 Å². The van der Waals surface area contributed by atoms with Crippen LogP contribution in [0.5, 0.6) is 0 Å². The first-order valence-electron chi connectivity index (χ1n) is 9.97. The Morgan fingerprint density at radius 3 is 2.62 bits per heavy atom. The summed E-state index contributed by atoms with van der Waals surface area (Å²) in [6.07, 6.45) is 0.00587. The fraction of sp³-hybridized carbons (Fsp3) is 0.217. The molecule has 6 nitrogen and oxygen atoms in total. The maximum Gasteiger partial charge on any atom is 0.197 e. The molecule has 4 aromatic rings. The number of rotatable bonds is 6. The fourth-order valence-corrected chi connectivity index (χ4v) is 4.61. The first-order valence-corrected chi connectivity index (χ1v) is 11.9. The van der Waals surface area contributed by atoms with Gasteiger partial charge in [0, 0.05) is 34.5 Å². The minimum absolute atomic E-state index is 0.00587. The highest BCUT2D eigenvalue weighted by molar-refractivity contribution is 7.91. The molecule has 4 rings (SSSR count). The maximum atomic E-state index is 14.5. The van der Waals surface area contributed by atoms with Crippen molar-refractivity contribution in [1.82, 2.24) is 10.1 Å². The lowest BCUT2D eigenvalue weighted by atomic mass is 9.94. The average molecular weight is 474 g/mol. The van der Waals surface area contributed by atoms with Gasteiger partial charge in [0.25, 0.3) is 0 Å². The van der Waals surface area contributed by atoms with Gasteiger partial charge in [0.05, 0.1) is 10.9 Å². The van der Waals surface area contributed by atoms with Crippen LogP contribution in [0.1, 0.15) is 31.1 Å². The molecule has 0 aliphatic carbocycles. The van der Waals surface area contributed by atoms with Gasteiger partial charge in [-0.1, -0.05) is 41.0 Å². The molecular weight excluding hydrogens is 453 g/mol. The van der Waals surface area contributed by atoms with Crippen molar-refractivity contribution in [2.75, 3.05) is 0 Å². The molecule has 1 atom stereocenters. The number of hydrogen-bond donors (Lipinski definition) is 1. The number of nitrogens with two attached hydrogens (primary N) is 1. The summed E-state index contributed by atoms with van der Waals surface area (Å²) in [6, 6.07) is 14.2. The molecule has 2 heterocycles.